The van der Waals surface area contributed by atoms with Gasteiger partial charge < -0.3 is 4.74 Å². The average molecular weight is 228 g/mol. The fourth-order valence-corrected chi connectivity index (χ4v) is 2.07. The summed E-state index contributed by atoms with van der Waals surface area (Å²) in [4.78, 5) is 11.5. The van der Waals surface area contributed by atoms with Gasteiger partial charge in [-0.15, -0.1) is 0 Å². The summed E-state index contributed by atoms with van der Waals surface area (Å²) < 4.78 is 16.9. The van der Waals surface area contributed by atoms with E-state index in [1.807, 2.05) is 6.92 Å². The number of unbranched alkanes of at least 4 members (excludes halogenated alkanes) is 1. The predicted molar refractivity (Wildman–Crippen MR) is 61.9 cm³/mol. The maximum atomic E-state index is 11.9. The summed E-state index contributed by atoms with van der Waals surface area (Å²) in [6, 6.07) is 0. The minimum Gasteiger partial charge on any atom is -0.466 e. The highest BCUT2D eigenvalue weighted by atomic mass is 19.1. The molecule has 0 heterocycles. The SMILES string of the molecule is CCOC(=O)C1CCC(=CCCCF)CC1. The van der Waals surface area contributed by atoms with Crippen LogP contribution in [-0.2, 0) is 9.53 Å². The van der Waals surface area contributed by atoms with Crippen LogP contribution >= 0.6 is 0 Å². The molecule has 0 amide bonds. The molecule has 1 aliphatic carbocycles. The zero-order valence-electron chi connectivity index (χ0n) is 10.0. The van der Waals surface area contributed by atoms with Gasteiger partial charge in [-0.05, 0) is 45.4 Å². The van der Waals surface area contributed by atoms with Crippen molar-refractivity contribution in [3.05, 3.63) is 11.6 Å². The first-order valence-corrected chi connectivity index (χ1v) is 6.18. The monoisotopic (exact) mass is 228 g/mol. The van der Waals surface area contributed by atoms with Gasteiger partial charge in [-0.25, -0.2) is 0 Å². The lowest BCUT2D eigenvalue weighted by atomic mass is 9.85. The van der Waals surface area contributed by atoms with Crippen molar-refractivity contribution in [1.29, 1.82) is 0 Å². The number of carbonyl (C=O) groups excluding carboxylic acids is 1. The molecule has 3 heteroatoms. The second kappa shape index (κ2) is 7.42. The molecule has 92 valence electrons. The molecule has 1 aliphatic rings. The molecule has 0 N–H and O–H groups in total. The van der Waals surface area contributed by atoms with Crippen molar-refractivity contribution in [3.63, 3.8) is 0 Å². The van der Waals surface area contributed by atoms with Crippen LogP contribution in [0.2, 0.25) is 0 Å². The molecule has 0 unspecified atom stereocenters. The summed E-state index contributed by atoms with van der Waals surface area (Å²) in [5, 5.41) is 0. The lowest BCUT2D eigenvalue weighted by Gasteiger charge is -2.22. The third-order valence-electron chi connectivity index (χ3n) is 3.02. The summed E-state index contributed by atoms with van der Waals surface area (Å²) in [6.07, 6.45) is 7.30. The number of carbonyl (C=O) groups is 1. The molecule has 0 aliphatic heterocycles. The fraction of sp³-hybridized carbons (Fsp3) is 0.769. The highest BCUT2D eigenvalue weighted by Gasteiger charge is 2.23. The van der Waals surface area contributed by atoms with Crippen LogP contribution < -0.4 is 0 Å². The van der Waals surface area contributed by atoms with Gasteiger partial charge in [-0.2, -0.15) is 0 Å². The van der Waals surface area contributed by atoms with Crippen LogP contribution in [0.1, 0.15) is 45.4 Å². The van der Waals surface area contributed by atoms with Crippen molar-refractivity contribution in [1.82, 2.24) is 0 Å². The van der Waals surface area contributed by atoms with Crippen LogP contribution in [0.25, 0.3) is 0 Å². The Morgan fingerprint density at radius 3 is 2.75 bits per heavy atom. The molecule has 0 aromatic heterocycles. The van der Waals surface area contributed by atoms with E-state index in [4.69, 9.17) is 4.74 Å². The van der Waals surface area contributed by atoms with E-state index >= 15 is 0 Å². The van der Waals surface area contributed by atoms with Crippen molar-refractivity contribution >= 4 is 5.97 Å². The summed E-state index contributed by atoms with van der Waals surface area (Å²) >= 11 is 0. The van der Waals surface area contributed by atoms with Gasteiger partial charge in [0.25, 0.3) is 0 Å². The smallest absolute Gasteiger partial charge is 0.308 e. The molecule has 0 aromatic rings. The number of hydrogen-bond donors (Lipinski definition) is 0. The number of halogens is 1. The van der Waals surface area contributed by atoms with Gasteiger partial charge in [0.1, 0.15) is 0 Å². The second-order valence-corrected chi connectivity index (χ2v) is 4.22. The van der Waals surface area contributed by atoms with Crippen LogP contribution in [0.3, 0.4) is 0 Å². The summed E-state index contributed by atoms with van der Waals surface area (Å²) in [6.45, 7) is 2.06. The molecular formula is C13H21FO2. The third kappa shape index (κ3) is 4.33. The van der Waals surface area contributed by atoms with Gasteiger partial charge in [0.15, 0.2) is 0 Å². The van der Waals surface area contributed by atoms with E-state index in [9.17, 15) is 9.18 Å². The van der Waals surface area contributed by atoms with E-state index in [1.165, 1.54) is 5.57 Å². The minimum atomic E-state index is -0.241. The Hall–Kier alpha value is -0.860. The maximum Gasteiger partial charge on any atom is 0.308 e. The van der Waals surface area contributed by atoms with E-state index < -0.39 is 0 Å². The van der Waals surface area contributed by atoms with E-state index in [0.29, 0.717) is 13.0 Å². The van der Waals surface area contributed by atoms with Crippen LogP contribution in [0.15, 0.2) is 11.6 Å². The first kappa shape index (κ1) is 13.2. The van der Waals surface area contributed by atoms with Crippen molar-refractivity contribution in [3.8, 4) is 0 Å². The zero-order valence-corrected chi connectivity index (χ0v) is 10.0. The first-order chi connectivity index (χ1) is 7.77. The minimum absolute atomic E-state index is 0.0506. The molecule has 1 rings (SSSR count). The molecule has 0 atom stereocenters. The Morgan fingerprint density at radius 1 is 1.50 bits per heavy atom. The van der Waals surface area contributed by atoms with Gasteiger partial charge in [0, 0.05) is 0 Å². The maximum absolute atomic E-state index is 11.9. The van der Waals surface area contributed by atoms with Crippen LogP contribution in [0.5, 0.6) is 0 Å². The number of allylic oxidation sites excluding steroid dienone is 2. The van der Waals surface area contributed by atoms with Gasteiger partial charge >= 0.3 is 5.97 Å². The standard InChI is InChI=1S/C13H21FO2/c1-2-16-13(15)12-8-6-11(7-9-12)5-3-4-10-14/h5,12H,2-4,6-10H2,1H3. The number of rotatable bonds is 5. The van der Waals surface area contributed by atoms with Crippen molar-refractivity contribution in [2.45, 2.75) is 45.4 Å². The average Bonchev–Trinajstić information content (AvgIpc) is 2.30. The summed E-state index contributed by atoms with van der Waals surface area (Å²) in [7, 11) is 0. The van der Waals surface area contributed by atoms with Gasteiger partial charge in [0.2, 0.25) is 0 Å². The molecule has 1 saturated carbocycles. The Morgan fingerprint density at radius 2 is 2.19 bits per heavy atom. The zero-order chi connectivity index (χ0) is 11.8. The quantitative estimate of drug-likeness (QED) is 0.409. The predicted octanol–water partition coefficient (Wildman–Crippen LogP) is 3.42. The Labute approximate surface area is 96.9 Å². The largest absolute Gasteiger partial charge is 0.466 e. The number of alkyl halides is 1. The van der Waals surface area contributed by atoms with Crippen LogP contribution in [0, 0.1) is 5.92 Å². The Balaban J connectivity index is 2.28. The normalized spacial score (nSPS) is 20.6. The van der Waals surface area contributed by atoms with Crippen molar-refractivity contribution < 1.29 is 13.9 Å². The molecule has 16 heavy (non-hydrogen) atoms. The molecular weight excluding hydrogens is 207 g/mol. The molecule has 0 bridgehead atoms. The highest BCUT2D eigenvalue weighted by molar-refractivity contribution is 5.72. The highest BCUT2D eigenvalue weighted by Crippen LogP contribution is 2.29. The molecule has 0 spiro atoms. The van der Waals surface area contributed by atoms with E-state index in [0.717, 1.165) is 32.1 Å². The lowest BCUT2D eigenvalue weighted by Crippen LogP contribution is -2.21. The van der Waals surface area contributed by atoms with Gasteiger partial charge in [-0.1, -0.05) is 11.6 Å². The van der Waals surface area contributed by atoms with Crippen LogP contribution in [-0.4, -0.2) is 19.3 Å². The molecule has 0 aromatic carbocycles. The van der Waals surface area contributed by atoms with Crippen molar-refractivity contribution in [2.24, 2.45) is 5.92 Å². The number of esters is 1. The van der Waals surface area contributed by atoms with Crippen molar-refractivity contribution in [2.75, 3.05) is 13.3 Å². The number of ether oxygens (including phenoxy) is 1. The second-order valence-electron chi connectivity index (χ2n) is 4.22. The molecule has 2 nitrogen and oxygen atoms in total. The Kier molecular flexibility index (Phi) is 6.12. The molecule has 0 radical (unpaired) electrons. The van der Waals surface area contributed by atoms with Crippen LogP contribution in [0.4, 0.5) is 4.39 Å². The molecule has 0 saturated heterocycles. The first-order valence-electron chi connectivity index (χ1n) is 6.18. The van der Waals surface area contributed by atoms with Gasteiger partial charge in [-0.3, -0.25) is 9.18 Å². The summed E-state index contributed by atoms with van der Waals surface area (Å²) in [5.74, 6) is 0.0311. The van der Waals surface area contributed by atoms with E-state index in [-0.39, 0.29) is 18.6 Å². The van der Waals surface area contributed by atoms with E-state index in [1.54, 1.807) is 0 Å². The van der Waals surface area contributed by atoms with Gasteiger partial charge in [0.05, 0.1) is 19.2 Å². The Bertz CT molecular complexity index is 238. The van der Waals surface area contributed by atoms with E-state index in [2.05, 4.69) is 6.08 Å². The number of hydrogen-bond acceptors (Lipinski definition) is 2. The third-order valence-corrected chi connectivity index (χ3v) is 3.02. The molecule has 1 fully saturated rings. The fourth-order valence-electron chi connectivity index (χ4n) is 2.07. The summed E-state index contributed by atoms with van der Waals surface area (Å²) in [5.41, 5.74) is 1.38. The lowest BCUT2D eigenvalue weighted by molar-refractivity contribution is -0.148. The topological polar surface area (TPSA) is 26.3 Å².